The second-order valence-electron chi connectivity index (χ2n) is 4.36. The van der Waals surface area contributed by atoms with Crippen LogP contribution in [-0.4, -0.2) is 44.1 Å². The van der Waals surface area contributed by atoms with Crippen LogP contribution in [0, 0.1) is 0 Å². The number of carbonyl (C=O) groups excluding carboxylic acids is 1. The van der Waals surface area contributed by atoms with Crippen LogP contribution in [-0.2, 0) is 14.3 Å². The van der Waals surface area contributed by atoms with Crippen molar-refractivity contribution in [2.45, 2.75) is 4.90 Å². The number of hydrogen-bond donors (Lipinski definition) is 1. The summed E-state index contributed by atoms with van der Waals surface area (Å²) in [6, 6.07) is 8.17. The maximum absolute atomic E-state index is 11.7. The Balaban J connectivity index is 1.89. The fourth-order valence-electron chi connectivity index (χ4n) is 1.69. The Labute approximate surface area is 138 Å². The van der Waals surface area contributed by atoms with Crippen LogP contribution in [0.5, 0.6) is 0 Å². The highest BCUT2D eigenvalue weighted by molar-refractivity contribution is 7.98. The average Bonchev–Trinajstić information content (AvgIpc) is 3.00. The molecule has 0 aliphatic carbocycles. The van der Waals surface area contributed by atoms with Gasteiger partial charge in [-0.15, -0.1) is 23.1 Å². The maximum atomic E-state index is 11.7. The van der Waals surface area contributed by atoms with Gasteiger partial charge in [-0.2, -0.15) is 0 Å². The Hall–Kier alpha value is -1.41. The summed E-state index contributed by atoms with van der Waals surface area (Å²) in [6.45, 7) is 0.871. The van der Waals surface area contributed by atoms with E-state index < -0.39 is 0 Å². The first-order chi connectivity index (χ1) is 10.7. The molecule has 0 bridgehead atoms. The van der Waals surface area contributed by atoms with Crippen molar-refractivity contribution in [1.29, 1.82) is 0 Å². The van der Waals surface area contributed by atoms with E-state index in [0.29, 0.717) is 18.3 Å². The van der Waals surface area contributed by atoms with Gasteiger partial charge in [0.15, 0.2) is 5.13 Å². The summed E-state index contributed by atoms with van der Waals surface area (Å²) in [5, 5.41) is 5.23. The molecule has 0 saturated carbocycles. The van der Waals surface area contributed by atoms with Crippen LogP contribution in [0.2, 0.25) is 0 Å². The molecule has 1 N–H and O–H groups in total. The van der Waals surface area contributed by atoms with Crippen molar-refractivity contribution >= 4 is 34.1 Å². The molecule has 1 amide bonds. The summed E-state index contributed by atoms with van der Waals surface area (Å²) in [5.41, 5.74) is 1.89. The molecule has 0 atom stereocenters. The van der Waals surface area contributed by atoms with Crippen molar-refractivity contribution < 1.29 is 14.3 Å². The lowest BCUT2D eigenvalue weighted by molar-refractivity contribution is -0.121. The molecule has 0 unspecified atom stereocenters. The molecule has 7 heteroatoms. The largest absolute Gasteiger partial charge is 0.382 e. The van der Waals surface area contributed by atoms with Crippen LogP contribution in [0.15, 0.2) is 34.5 Å². The topological polar surface area (TPSA) is 60.5 Å². The third kappa shape index (κ3) is 5.10. The minimum absolute atomic E-state index is 0.000688. The van der Waals surface area contributed by atoms with Gasteiger partial charge in [-0.1, -0.05) is 12.1 Å². The molecule has 1 aromatic carbocycles. The van der Waals surface area contributed by atoms with Crippen LogP contribution < -0.4 is 5.32 Å². The number of carbonyl (C=O) groups is 1. The lowest BCUT2D eigenvalue weighted by Gasteiger charge is -2.03. The molecule has 1 aromatic heterocycles. The number of hydrogen-bond acceptors (Lipinski definition) is 6. The average molecular weight is 338 g/mol. The summed E-state index contributed by atoms with van der Waals surface area (Å²) in [6.07, 6.45) is 2.04. The van der Waals surface area contributed by atoms with Crippen LogP contribution in [0.25, 0.3) is 11.3 Å². The molecular formula is C15H18N2O3S2. The number of nitrogens with zero attached hydrogens (tertiary/aromatic N) is 1. The van der Waals surface area contributed by atoms with Crippen LogP contribution in [0.1, 0.15) is 0 Å². The van der Waals surface area contributed by atoms with Gasteiger partial charge in [0.25, 0.3) is 5.91 Å². The van der Waals surface area contributed by atoms with E-state index in [9.17, 15) is 4.79 Å². The van der Waals surface area contributed by atoms with Gasteiger partial charge < -0.3 is 9.47 Å². The van der Waals surface area contributed by atoms with E-state index in [1.54, 1.807) is 18.9 Å². The number of methoxy groups -OCH3 is 1. The third-order valence-electron chi connectivity index (χ3n) is 2.80. The molecule has 5 nitrogen and oxygen atoms in total. The Morgan fingerprint density at radius 1 is 1.32 bits per heavy atom. The van der Waals surface area contributed by atoms with Gasteiger partial charge in [0.05, 0.1) is 18.9 Å². The number of thiazole rings is 1. The number of benzene rings is 1. The molecule has 2 aromatic rings. The Bertz CT molecular complexity index is 599. The molecule has 0 aliphatic heterocycles. The zero-order valence-electron chi connectivity index (χ0n) is 12.5. The second kappa shape index (κ2) is 8.89. The van der Waals surface area contributed by atoms with Crippen LogP contribution >= 0.6 is 23.1 Å². The molecule has 0 saturated heterocycles. The standard InChI is InChI=1S/C15H18N2O3S2/c1-19-7-8-20-9-14(18)17-15-16-13(10-22-15)11-3-5-12(21-2)6-4-11/h3-6,10H,7-9H2,1-2H3,(H,16,17,18). The smallest absolute Gasteiger partial charge is 0.252 e. The first-order valence-electron chi connectivity index (χ1n) is 6.69. The first-order valence-corrected chi connectivity index (χ1v) is 8.80. The SMILES string of the molecule is COCCOCC(=O)Nc1nc(-c2ccc(SC)cc2)cs1. The van der Waals surface area contributed by atoms with Gasteiger partial charge in [0, 0.05) is 22.9 Å². The number of nitrogens with one attached hydrogen (secondary N) is 1. The Morgan fingerprint density at radius 3 is 2.77 bits per heavy atom. The molecule has 0 radical (unpaired) electrons. The van der Waals surface area contributed by atoms with Crippen molar-refractivity contribution in [3.05, 3.63) is 29.6 Å². The van der Waals surface area contributed by atoms with Gasteiger partial charge in [0.1, 0.15) is 6.61 Å². The van der Waals surface area contributed by atoms with Crippen LogP contribution in [0.4, 0.5) is 5.13 Å². The summed E-state index contributed by atoms with van der Waals surface area (Å²) in [4.78, 5) is 17.3. The molecule has 1 heterocycles. The molecule has 2 rings (SSSR count). The van der Waals surface area contributed by atoms with E-state index in [-0.39, 0.29) is 12.5 Å². The predicted molar refractivity (Wildman–Crippen MR) is 90.7 cm³/mol. The van der Waals surface area contributed by atoms with E-state index in [0.717, 1.165) is 11.3 Å². The van der Waals surface area contributed by atoms with Crippen molar-refractivity contribution in [1.82, 2.24) is 4.98 Å². The van der Waals surface area contributed by atoms with E-state index in [1.165, 1.54) is 16.2 Å². The van der Waals surface area contributed by atoms with Gasteiger partial charge in [-0.05, 0) is 18.4 Å². The molecule has 0 fully saturated rings. The fourth-order valence-corrected chi connectivity index (χ4v) is 2.83. The fraction of sp³-hybridized carbons (Fsp3) is 0.333. The Morgan fingerprint density at radius 2 is 2.09 bits per heavy atom. The van der Waals surface area contributed by atoms with Gasteiger partial charge >= 0.3 is 0 Å². The minimum atomic E-state index is -0.213. The lowest BCUT2D eigenvalue weighted by Crippen LogP contribution is -2.19. The third-order valence-corrected chi connectivity index (χ3v) is 4.30. The number of aromatic nitrogens is 1. The minimum Gasteiger partial charge on any atom is -0.382 e. The predicted octanol–water partition coefficient (Wildman–Crippen LogP) is 3.13. The summed E-state index contributed by atoms with van der Waals surface area (Å²) in [5.74, 6) is -0.213. The maximum Gasteiger partial charge on any atom is 0.252 e. The number of thioether (sulfide) groups is 1. The number of ether oxygens (including phenoxy) is 2. The Kier molecular flexibility index (Phi) is 6.85. The van der Waals surface area contributed by atoms with Crippen molar-refractivity contribution in [2.75, 3.05) is 38.5 Å². The van der Waals surface area contributed by atoms with E-state index >= 15 is 0 Å². The summed E-state index contributed by atoms with van der Waals surface area (Å²) < 4.78 is 10.0. The lowest BCUT2D eigenvalue weighted by atomic mass is 10.2. The zero-order chi connectivity index (χ0) is 15.8. The molecule has 0 aliphatic rings. The number of anilines is 1. The van der Waals surface area contributed by atoms with Gasteiger partial charge in [-0.25, -0.2) is 4.98 Å². The van der Waals surface area contributed by atoms with E-state index in [1.807, 2.05) is 23.8 Å². The van der Waals surface area contributed by atoms with Crippen molar-refractivity contribution in [3.63, 3.8) is 0 Å². The highest BCUT2D eigenvalue weighted by atomic mass is 32.2. The zero-order valence-corrected chi connectivity index (χ0v) is 14.1. The second-order valence-corrected chi connectivity index (χ2v) is 6.10. The van der Waals surface area contributed by atoms with E-state index in [2.05, 4.69) is 22.4 Å². The molecular weight excluding hydrogens is 320 g/mol. The van der Waals surface area contributed by atoms with E-state index in [4.69, 9.17) is 9.47 Å². The number of rotatable bonds is 8. The molecule has 0 spiro atoms. The highest BCUT2D eigenvalue weighted by Crippen LogP contribution is 2.26. The van der Waals surface area contributed by atoms with Gasteiger partial charge in [-0.3, -0.25) is 10.1 Å². The summed E-state index contributed by atoms with van der Waals surface area (Å²) >= 11 is 3.10. The van der Waals surface area contributed by atoms with Crippen LogP contribution in [0.3, 0.4) is 0 Å². The van der Waals surface area contributed by atoms with Gasteiger partial charge in [0.2, 0.25) is 0 Å². The monoisotopic (exact) mass is 338 g/mol. The first kappa shape index (κ1) is 17.0. The quantitative estimate of drug-likeness (QED) is 0.592. The normalized spacial score (nSPS) is 10.6. The van der Waals surface area contributed by atoms with Crippen molar-refractivity contribution in [2.24, 2.45) is 0 Å². The highest BCUT2D eigenvalue weighted by Gasteiger charge is 2.08. The summed E-state index contributed by atoms with van der Waals surface area (Å²) in [7, 11) is 1.59. The van der Waals surface area contributed by atoms with Crippen molar-refractivity contribution in [3.8, 4) is 11.3 Å². The molecule has 118 valence electrons. The number of amides is 1. The molecule has 22 heavy (non-hydrogen) atoms.